The molecule has 1 aliphatic rings. The van der Waals surface area contributed by atoms with Gasteiger partial charge in [0.15, 0.2) is 0 Å². The minimum Gasteiger partial charge on any atom is -0.494 e. The van der Waals surface area contributed by atoms with Crippen molar-refractivity contribution in [2.24, 2.45) is 0 Å². The first-order chi connectivity index (χ1) is 15.0. The molecule has 3 aromatic rings. The molecule has 1 aromatic heterocycles. The number of aliphatic carboxylic acids is 1. The SMILES string of the molecule is CCOc1ccc(NC(=O)c2cnn3c2NC(C(=O)O)=C[C@@H]3c2ccc(Br)cc2)cc1. The number of hydrogen-bond donors (Lipinski definition) is 3. The van der Waals surface area contributed by atoms with E-state index in [0.29, 0.717) is 23.9 Å². The Kier molecular flexibility index (Phi) is 5.77. The summed E-state index contributed by atoms with van der Waals surface area (Å²) >= 11 is 3.40. The van der Waals surface area contributed by atoms with Crippen molar-refractivity contribution >= 4 is 39.3 Å². The molecule has 0 saturated carbocycles. The predicted octanol–water partition coefficient (Wildman–Crippen LogP) is 4.28. The van der Waals surface area contributed by atoms with E-state index in [-0.39, 0.29) is 11.3 Å². The number of nitrogens with one attached hydrogen (secondary N) is 2. The van der Waals surface area contributed by atoms with Gasteiger partial charge < -0.3 is 20.5 Å². The number of carbonyl (C=O) groups excluding carboxylic acids is 1. The number of carboxylic acid groups (broad SMARTS) is 1. The minimum atomic E-state index is -1.12. The molecule has 0 radical (unpaired) electrons. The molecule has 1 amide bonds. The summed E-state index contributed by atoms with van der Waals surface area (Å²) in [6, 6.07) is 14.0. The second kappa shape index (κ2) is 8.65. The molecule has 1 atom stereocenters. The summed E-state index contributed by atoms with van der Waals surface area (Å²) in [5.41, 5.74) is 1.65. The Morgan fingerprint density at radius 3 is 2.55 bits per heavy atom. The van der Waals surface area contributed by atoms with Crippen LogP contribution >= 0.6 is 15.9 Å². The number of anilines is 2. The Morgan fingerprint density at radius 2 is 1.90 bits per heavy atom. The monoisotopic (exact) mass is 482 g/mol. The lowest BCUT2D eigenvalue weighted by Crippen LogP contribution is -2.25. The zero-order valence-electron chi connectivity index (χ0n) is 16.5. The lowest BCUT2D eigenvalue weighted by atomic mass is 10.0. The number of hydrogen-bond acceptors (Lipinski definition) is 5. The maximum absolute atomic E-state index is 12.9. The molecular weight excluding hydrogens is 464 g/mol. The molecule has 0 bridgehead atoms. The Morgan fingerprint density at radius 1 is 1.19 bits per heavy atom. The summed E-state index contributed by atoms with van der Waals surface area (Å²) in [6.45, 7) is 2.45. The average Bonchev–Trinajstić information content (AvgIpc) is 3.19. The van der Waals surface area contributed by atoms with Gasteiger partial charge in [0, 0.05) is 10.2 Å². The Balaban J connectivity index is 1.64. The number of amides is 1. The number of ether oxygens (including phenoxy) is 1. The molecule has 8 nitrogen and oxygen atoms in total. The topological polar surface area (TPSA) is 105 Å². The molecule has 1 aliphatic heterocycles. The maximum atomic E-state index is 12.9. The molecule has 3 N–H and O–H groups in total. The lowest BCUT2D eigenvalue weighted by molar-refractivity contribution is -0.132. The minimum absolute atomic E-state index is 0.0176. The number of nitrogens with zero attached hydrogens (tertiary/aromatic N) is 2. The second-order valence-electron chi connectivity index (χ2n) is 6.77. The smallest absolute Gasteiger partial charge is 0.352 e. The van der Waals surface area contributed by atoms with Gasteiger partial charge in [0.25, 0.3) is 5.91 Å². The van der Waals surface area contributed by atoms with Gasteiger partial charge in [0.05, 0.1) is 18.8 Å². The average molecular weight is 483 g/mol. The number of carbonyl (C=O) groups is 2. The fourth-order valence-electron chi connectivity index (χ4n) is 3.28. The van der Waals surface area contributed by atoms with Crippen molar-refractivity contribution in [2.45, 2.75) is 13.0 Å². The summed E-state index contributed by atoms with van der Waals surface area (Å²) in [5, 5.41) is 19.5. The molecule has 0 unspecified atom stereocenters. The number of fused-ring (bicyclic) bond motifs is 1. The Hall–Kier alpha value is -3.59. The van der Waals surface area contributed by atoms with Crippen LogP contribution in [-0.4, -0.2) is 33.4 Å². The van der Waals surface area contributed by atoms with Gasteiger partial charge in [-0.25, -0.2) is 9.48 Å². The number of benzene rings is 2. The van der Waals surface area contributed by atoms with Gasteiger partial charge in [-0.05, 0) is 55.0 Å². The fraction of sp³-hybridized carbons (Fsp3) is 0.136. The number of halogens is 1. The van der Waals surface area contributed by atoms with Crippen molar-refractivity contribution in [3.05, 3.63) is 82.1 Å². The summed E-state index contributed by atoms with van der Waals surface area (Å²) in [4.78, 5) is 24.6. The second-order valence-corrected chi connectivity index (χ2v) is 7.69. The highest BCUT2D eigenvalue weighted by molar-refractivity contribution is 9.10. The molecule has 0 fully saturated rings. The highest BCUT2D eigenvalue weighted by atomic mass is 79.9. The van der Waals surface area contributed by atoms with Crippen LogP contribution in [0, 0.1) is 0 Å². The van der Waals surface area contributed by atoms with E-state index in [9.17, 15) is 14.7 Å². The lowest BCUT2D eigenvalue weighted by Gasteiger charge is -2.24. The number of aromatic nitrogens is 2. The van der Waals surface area contributed by atoms with Crippen molar-refractivity contribution < 1.29 is 19.4 Å². The third-order valence-electron chi connectivity index (χ3n) is 4.75. The molecule has 0 aliphatic carbocycles. The van der Waals surface area contributed by atoms with Crippen molar-refractivity contribution in [2.75, 3.05) is 17.2 Å². The van der Waals surface area contributed by atoms with E-state index in [1.807, 2.05) is 31.2 Å². The van der Waals surface area contributed by atoms with Crippen molar-refractivity contribution in [1.82, 2.24) is 9.78 Å². The van der Waals surface area contributed by atoms with Crippen molar-refractivity contribution in [1.29, 1.82) is 0 Å². The van der Waals surface area contributed by atoms with Gasteiger partial charge in [-0.3, -0.25) is 4.79 Å². The first-order valence-electron chi connectivity index (χ1n) is 9.55. The molecule has 0 saturated heterocycles. The fourth-order valence-corrected chi connectivity index (χ4v) is 3.55. The number of rotatable bonds is 6. The zero-order chi connectivity index (χ0) is 22.0. The van der Waals surface area contributed by atoms with Gasteiger partial charge in [0.2, 0.25) is 0 Å². The quantitative estimate of drug-likeness (QED) is 0.484. The molecular formula is C22H19BrN4O4. The van der Waals surface area contributed by atoms with E-state index in [0.717, 1.165) is 10.0 Å². The third-order valence-corrected chi connectivity index (χ3v) is 5.27. The van der Waals surface area contributed by atoms with E-state index in [1.54, 1.807) is 35.0 Å². The standard InChI is InChI=1S/C22H19BrN4O4/c1-2-31-16-9-7-15(8-10-16)25-21(28)17-12-24-27-19(13-3-5-14(23)6-4-13)11-18(22(29)30)26-20(17)27/h3-12,19,26H,2H2,1H3,(H,25,28)(H,29,30)/t19-/m1/s1. The maximum Gasteiger partial charge on any atom is 0.352 e. The van der Waals surface area contributed by atoms with Gasteiger partial charge in [0.1, 0.15) is 22.8 Å². The molecule has 9 heteroatoms. The van der Waals surface area contributed by atoms with E-state index < -0.39 is 17.9 Å². The molecule has 158 valence electrons. The summed E-state index contributed by atoms with van der Waals surface area (Å²) in [5.74, 6) is -0.499. The van der Waals surface area contributed by atoms with Crippen molar-refractivity contribution in [3.8, 4) is 5.75 Å². The first-order valence-corrected chi connectivity index (χ1v) is 10.3. The van der Waals surface area contributed by atoms with E-state index in [4.69, 9.17) is 4.74 Å². The largest absolute Gasteiger partial charge is 0.494 e. The third kappa shape index (κ3) is 4.31. The van der Waals surface area contributed by atoms with E-state index in [1.165, 1.54) is 6.20 Å². The van der Waals surface area contributed by atoms with Crippen LogP contribution in [0.25, 0.3) is 0 Å². The Bertz CT molecular complexity index is 1150. The van der Waals surface area contributed by atoms with Crippen LogP contribution in [0.1, 0.15) is 28.9 Å². The van der Waals surface area contributed by atoms with Crippen LogP contribution in [0.5, 0.6) is 5.75 Å². The normalized spacial score (nSPS) is 14.8. The summed E-state index contributed by atoms with van der Waals surface area (Å²) < 4.78 is 7.91. The molecule has 2 aromatic carbocycles. The summed E-state index contributed by atoms with van der Waals surface area (Å²) in [6.07, 6.45) is 3.00. The van der Waals surface area contributed by atoms with Crippen LogP contribution in [0.15, 0.2) is 71.0 Å². The Labute approximate surface area is 186 Å². The highest BCUT2D eigenvalue weighted by Gasteiger charge is 2.29. The molecule has 2 heterocycles. The predicted molar refractivity (Wildman–Crippen MR) is 119 cm³/mol. The van der Waals surface area contributed by atoms with Gasteiger partial charge in [-0.1, -0.05) is 28.1 Å². The van der Waals surface area contributed by atoms with Gasteiger partial charge in [-0.15, -0.1) is 0 Å². The molecule has 4 rings (SSSR count). The van der Waals surface area contributed by atoms with Crippen LogP contribution in [0.2, 0.25) is 0 Å². The van der Waals surface area contributed by atoms with Crippen LogP contribution in [0.4, 0.5) is 11.5 Å². The van der Waals surface area contributed by atoms with Gasteiger partial charge >= 0.3 is 5.97 Å². The number of allylic oxidation sites excluding steroid dienone is 1. The van der Waals surface area contributed by atoms with Crippen molar-refractivity contribution in [3.63, 3.8) is 0 Å². The van der Waals surface area contributed by atoms with Gasteiger partial charge in [-0.2, -0.15) is 5.10 Å². The van der Waals surface area contributed by atoms with Crippen LogP contribution in [-0.2, 0) is 4.79 Å². The van der Waals surface area contributed by atoms with E-state index in [2.05, 4.69) is 31.7 Å². The number of carboxylic acids is 1. The highest BCUT2D eigenvalue weighted by Crippen LogP contribution is 2.33. The molecule has 31 heavy (non-hydrogen) atoms. The summed E-state index contributed by atoms with van der Waals surface area (Å²) in [7, 11) is 0. The van der Waals surface area contributed by atoms with Crippen LogP contribution < -0.4 is 15.4 Å². The first kappa shape index (κ1) is 20.7. The van der Waals surface area contributed by atoms with E-state index >= 15 is 0 Å². The zero-order valence-corrected chi connectivity index (χ0v) is 18.1. The molecule has 0 spiro atoms. The van der Waals surface area contributed by atoms with Crippen LogP contribution in [0.3, 0.4) is 0 Å².